The number of aliphatic carboxylic acids is 1. The van der Waals surface area contributed by atoms with Crippen molar-refractivity contribution in [3.8, 4) is 0 Å². The molecule has 0 aliphatic rings. The molecule has 0 spiro atoms. The number of hydrogen-bond donors (Lipinski definition) is 1. The van der Waals surface area contributed by atoms with Crippen molar-refractivity contribution in [1.82, 2.24) is 4.90 Å². The van der Waals surface area contributed by atoms with Gasteiger partial charge >= 0.3 is 5.97 Å². The van der Waals surface area contributed by atoms with Crippen LogP contribution in [-0.4, -0.2) is 35.0 Å². The smallest absolute Gasteiger partial charge is 0.304 e. The molecule has 0 saturated heterocycles. The summed E-state index contributed by atoms with van der Waals surface area (Å²) >= 11 is 0. The summed E-state index contributed by atoms with van der Waals surface area (Å²) in [5.74, 6) is -1.22. The lowest BCUT2D eigenvalue weighted by molar-refractivity contribution is -0.144. The second kappa shape index (κ2) is 18.1. The molecule has 0 aromatic rings. The number of amides is 1. The molecular weight excluding hydrogens is 338 g/mol. The highest BCUT2D eigenvalue weighted by Crippen LogP contribution is 2.19. The summed E-state index contributed by atoms with van der Waals surface area (Å²) in [4.78, 5) is 25.3. The Morgan fingerprint density at radius 3 is 1.70 bits per heavy atom. The van der Waals surface area contributed by atoms with Crippen LogP contribution in [-0.2, 0) is 9.59 Å². The Balaban J connectivity index is 3.75. The van der Waals surface area contributed by atoms with Crippen LogP contribution in [0.3, 0.4) is 0 Å². The van der Waals surface area contributed by atoms with Gasteiger partial charge in [-0.05, 0) is 33.1 Å². The minimum absolute atomic E-state index is 0.00971. The van der Waals surface area contributed by atoms with Crippen LogP contribution in [0.4, 0.5) is 0 Å². The Morgan fingerprint density at radius 2 is 1.30 bits per heavy atom. The van der Waals surface area contributed by atoms with E-state index in [1.807, 2.05) is 19.9 Å². The molecule has 4 heteroatoms. The fraction of sp³-hybridized carbons (Fsp3) is 0.826. The van der Waals surface area contributed by atoms with Crippen molar-refractivity contribution in [2.45, 2.75) is 104 Å². The van der Waals surface area contributed by atoms with Crippen LogP contribution in [0.2, 0.25) is 0 Å². The second-order valence-electron chi connectivity index (χ2n) is 7.56. The Bertz CT molecular complexity index is 391. The lowest BCUT2D eigenvalue weighted by Crippen LogP contribution is -2.36. The molecule has 0 rings (SSSR count). The molecule has 0 aliphatic carbocycles. The van der Waals surface area contributed by atoms with E-state index >= 15 is 0 Å². The maximum atomic E-state index is 12.4. The first kappa shape index (κ1) is 25.7. The van der Waals surface area contributed by atoms with Gasteiger partial charge in [0.15, 0.2) is 0 Å². The topological polar surface area (TPSA) is 57.6 Å². The van der Waals surface area contributed by atoms with Crippen molar-refractivity contribution >= 4 is 11.9 Å². The van der Waals surface area contributed by atoms with E-state index in [1.54, 1.807) is 4.90 Å². The van der Waals surface area contributed by atoms with Gasteiger partial charge in [0, 0.05) is 19.0 Å². The predicted molar refractivity (Wildman–Crippen MR) is 114 cm³/mol. The van der Waals surface area contributed by atoms with Gasteiger partial charge in [0.2, 0.25) is 5.91 Å². The molecule has 1 unspecified atom stereocenters. The number of unbranched alkanes of at least 4 members (excludes halogenated alkanes) is 11. The van der Waals surface area contributed by atoms with E-state index in [-0.39, 0.29) is 18.2 Å². The number of nitrogens with zero attached hydrogens (tertiary/aromatic N) is 1. The molecule has 4 nitrogen and oxygen atoms in total. The average molecular weight is 382 g/mol. The third-order valence-corrected chi connectivity index (χ3v) is 5.31. The van der Waals surface area contributed by atoms with Crippen molar-refractivity contribution < 1.29 is 14.7 Å². The third kappa shape index (κ3) is 14.4. The van der Waals surface area contributed by atoms with Crippen molar-refractivity contribution in [2.75, 3.05) is 13.1 Å². The highest BCUT2D eigenvalue weighted by Gasteiger charge is 2.24. The van der Waals surface area contributed by atoms with Gasteiger partial charge in [0.1, 0.15) is 0 Å². The van der Waals surface area contributed by atoms with E-state index in [9.17, 15) is 9.59 Å². The summed E-state index contributed by atoms with van der Waals surface area (Å²) in [6.07, 6.45) is 17.6. The minimum atomic E-state index is -0.870. The summed E-state index contributed by atoms with van der Waals surface area (Å²) in [7, 11) is 0. The van der Waals surface area contributed by atoms with Crippen molar-refractivity contribution in [1.29, 1.82) is 0 Å². The molecule has 0 bridgehead atoms. The van der Waals surface area contributed by atoms with Gasteiger partial charge in [-0.1, -0.05) is 70.3 Å². The molecule has 0 fully saturated rings. The largest absolute Gasteiger partial charge is 0.481 e. The van der Waals surface area contributed by atoms with E-state index in [0.29, 0.717) is 19.5 Å². The number of carbonyl (C=O) groups is 2. The van der Waals surface area contributed by atoms with Crippen LogP contribution in [0.25, 0.3) is 0 Å². The summed E-state index contributed by atoms with van der Waals surface area (Å²) in [5, 5.41) is 9.09. The molecule has 0 aliphatic heterocycles. The number of carboxylic acid groups (broad SMARTS) is 1. The highest BCUT2D eigenvalue weighted by atomic mass is 16.4. The van der Waals surface area contributed by atoms with Crippen molar-refractivity contribution in [3.05, 3.63) is 12.7 Å². The lowest BCUT2D eigenvalue weighted by atomic mass is 9.95. The number of carboxylic acids is 1. The molecule has 1 N–H and O–H groups in total. The molecule has 0 heterocycles. The molecule has 0 aromatic carbocycles. The Labute approximate surface area is 167 Å². The summed E-state index contributed by atoms with van der Waals surface area (Å²) < 4.78 is 0. The summed E-state index contributed by atoms with van der Waals surface area (Å²) in [5.41, 5.74) is 0. The predicted octanol–water partition coefficient (Wildman–Crippen LogP) is 6.20. The summed E-state index contributed by atoms with van der Waals surface area (Å²) in [6, 6.07) is 0. The van der Waals surface area contributed by atoms with Gasteiger partial charge in [-0.25, -0.2) is 0 Å². The number of rotatable bonds is 19. The molecule has 1 atom stereocenters. The van der Waals surface area contributed by atoms with Gasteiger partial charge in [0.05, 0.1) is 6.42 Å². The van der Waals surface area contributed by atoms with E-state index < -0.39 is 5.97 Å². The zero-order valence-corrected chi connectivity index (χ0v) is 17.9. The Hall–Kier alpha value is -1.32. The van der Waals surface area contributed by atoms with Crippen molar-refractivity contribution in [2.24, 2.45) is 5.92 Å². The first-order valence-electron chi connectivity index (χ1n) is 11.2. The second-order valence-corrected chi connectivity index (χ2v) is 7.56. The zero-order valence-electron chi connectivity index (χ0n) is 17.9. The van der Waals surface area contributed by atoms with Crippen LogP contribution >= 0.6 is 0 Å². The SMILES string of the molecule is C=CCCCCCCCCCCCCCC(CC(=O)O)C(=O)N(CC)CC. The fourth-order valence-corrected chi connectivity index (χ4v) is 3.59. The third-order valence-electron chi connectivity index (χ3n) is 5.31. The molecule has 158 valence electrons. The van der Waals surface area contributed by atoms with Crippen LogP contribution in [0.15, 0.2) is 12.7 Å². The summed E-state index contributed by atoms with van der Waals surface area (Å²) in [6.45, 7) is 8.95. The van der Waals surface area contributed by atoms with Gasteiger partial charge in [-0.3, -0.25) is 9.59 Å². The standard InChI is InChI=1S/C23H43NO3/c1-4-7-8-9-10-11-12-13-14-15-16-17-18-19-21(20-22(25)26)23(27)24(5-2)6-3/h4,21H,1,5-20H2,2-3H3,(H,25,26). The number of allylic oxidation sites excluding steroid dienone is 1. The van der Waals surface area contributed by atoms with E-state index in [0.717, 1.165) is 19.3 Å². The zero-order chi connectivity index (χ0) is 20.3. The quantitative estimate of drug-likeness (QED) is 0.214. The van der Waals surface area contributed by atoms with Crippen LogP contribution in [0.1, 0.15) is 104 Å². The molecule has 27 heavy (non-hydrogen) atoms. The van der Waals surface area contributed by atoms with Crippen LogP contribution in [0.5, 0.6) is 0 Å². The maximum Gasteiger partial charge on any atom is 0.304 e. The first-order valence-corrected chi connectivity index (χ1v) is 11.2. The normalized spacial score (nSPS) is 11.9. The first-order chi connectivity index (χ1) is 13.1. The number of carbonyl (C=O) groups excluding carboxylic acids is 1. The van der Waals surface area contributed by atoms with E-state index in [4.69, 9.17) is 5.11 Å². The monoisotopic (exact) mass is 381 g/mol. The Morgan fingerprint density at radius 1 is 0.852 bits per heavy atom. The van der Waals surface area contributed by atoms with Gasteiger partial charge in [0.25, 0.3) is 0 Å². The maximum absolute atomic E-state index is 12.4. The van der Waals surface area contributed by atoms with E-state index in [1.165, 1.54) is 57.8 Å². The fourth-order valence-electron chi connectivity index (χ4n) is 3.59. The van der Waals surface area contributed by atoms with Gasteiger partial charge < -0.3 is 10.0 Å². The van der Waals surface area contributed by atoms with E-state index in [2.05, 4.69) is 6.58 Å². The molecule has 1 amide bonds. The van der Waals surface area contributed by atoms with Crippen molar-refractivity contribution in [3.63, 3.8) is 0 Å². The molecule has 0 radical (unpaired) electrons. The van der Waals surface area contributed by atoms with Gasteiger partial charge in [-0.2, -0.15) is 0 Å². The molecular formula is C23H43NO3. The highest BCUT2D eigenvalue weighted by molar-refractivity contribution is 5.83. The average Bonchev–Trinajstić information content (AvgIpc) is 2.65. The van der Waals surface area contributed by atoms with Crippen LogP contribution in [0, 0.1) is 5.92 Å². The number of hydrogen-bond acceptors (Lipinski definition) is 2. The Kier molecular flexibility index (Phi) is 17.2. The molecule has 0 saturated carbocycles. The minimum Gasteiger partial charge on any atom is -0.481 e. The van der Waals surface area contributed by atoms with Gasteiger partial charge in [-0.15, -0.1) is 6.58 Å². The lowest BCUT2D eigenvalue weighted by Gasteiger charge is -2.24. The van der Waals surface area contributed by atoms with Crippen LogP contribution < -0.4 is 0 Å². The molecule has 0 aromatic heterocycles.